The number of nitrogens with one attached hydrogen (secondary N) is 1. The molecule has 1 amide bonds. The highest BCUT2D eigenvalue weighted by atomic mass is 19.4. The molecule has 1 aliphatic rings. The van der Waals surface area contributed by atoms with Crippen LogP contribution < -0.4 is 10.1 Å². The first-order chi connectivity index (χ1) is 12.3. The number of carbonyl (C=O) groups is 1. The molecular formula is C18H25F3N2O3. The summed E-state index contributed by atoms with van der Waals surface area (Å²) in [6.07, 6.45) is -4.39. The van der Waals surface area contributed by atoms with Gasteiger partial charge in [0.05, 0.1) is 18.8 Å². The Morgan fingerprint density at radius 3 is 2.38 bits per heavy atom. The van der Waals surface area contributed by atoms with Gasteiger partial charge in [-0.15, -0.1) is 0 Å². The minimum Gasteiger partial charge on any atom is -0.484 e. The summed E-state index contributed by atoms with van der Waals surface area (Å²) in [6, 6.07) is 4.48. The van der Waals surface area contributed by atoms with Crippen LogP contribution in [0.4, 0.5) is 13.2 Å². The van der Waals surface area contributed by atoms with Crippen LogP contribution in [0.5, 0.6) is 5.75 Å². The molecule has 2 rings (SSSR count). The van der Waals surface area contributed by atoms with Crippen molar-refractivity contribution >= 4 is 5.91 Å². The molecule has 8 heteroatoms. The van der Waals surface area contributed by atoms with Gasteiger partial charge in [-0.3, -0.25) is 9.69 Å². The summed E-state index contributed by atoms with van der Waals surface area (Å²) in [4.78, 5) is 14.3. The average molecular weight is 374 g/mol. The van der Waals surface area contributed by atoms with E-state index in [-0.39, 0.29) is 24.3 Å². The van der Waals surface area contributed by atoms with Crippen molar-refractivity contribution in [2.75, 3.05) is 39.5 Å². The van der Waals surface area contributed by atoms with Crippen molar-refractivity contribution in [3.05, 3.63) is 29.8 Å². The molecule has 0 unspecified atom stereocenters. The largest absolute Gasteiger partial charge is 0.484 e. The first-order valence-electron chi connectivity index (χ1n) is 8.66. The van der Waals surface area contributed by atoms with Gasteiger partial charge < -0.3 is 14.8 Å². The monoisotopic (exact) mass is 374 g/mol. The summed E-state index contributed by atoms with van der Waals surface area (Å²) < 4.78 is 48.1. The van der Waals surface area contributed by atoms with Crippen LogP contribution in [0.2, 0.25) is 0 Å². The second-order valence-corrected chi connectivity index (χ2v) is 6.57. The molecular weight excluding hydrogens is 349 g/mol. The zero-order valence-electron chi connectivity index (χ0n) is 15.0. The molecule has 1 N–H and O–H groups in total. The fourth-order valence-electron chi connectivity index (χ4n) is 2.85. The second kappa shape index (κ2) is 9.23. The van der Waals surface area contributed by atoms with Crippen molar-refractivity contribution in [1.29, 1.82) is 0 Å². The molecule has 26 heavy (non-hydrogen) atoms. The molecule has 146 valence electrons. The summed E-state index contributed by atoms with van der Waals surface area (Å²) in [5.41, 5.74) is -0.750. The lowest BCUT2D eigenvalue weighted by Crippen LogP contribution is -2.51. The minimum atomic E-state index is -4.39. The van der Waals surface area contributed by atoms with Gasteiger partial charge in [0, 0.05) is 25.7 Å². The first-order valence-corrected chi connectivity index (χ1v) is 8.66. The van der Waals surface area contributed by atoms with Crippen LogP contribution in [0.25, 0.3) is 0 Å². The Labute approximate surface area is 151 Å². The summed E-state index contributed by atoms with van der Waals surface area (Å²) in [5.74, 6) is 0.287. The predicted octanol–water partition coefficient (Wildman–Crippen LogP) is 2.56. The molecule has 1 fully saturated rings. The van der Waals surface area contributed by atoms with E-state index in [4.69, 9.17) is 9.47 Å². The van der Waals surface area contributed by atoms with Gasteiger partial charge in [-0.25, -0.2) is 0 Å². The highest BCUT2D eigenvalue weighted by molar-refractivity contribution is 5.77. The van der Waals surface area contributed by atoms with Crippen molar-refractivity contribution in [3.8, 4) is 5.75 Å². The number of nitrogens with zero attached hydrogens (tertiary/aromatic N) is 1. The lowest BCUT2D eigenvalue weighted by atomic mass is 10.0. The minimum absolute atomic E-state index is 0.203. The lowest BCUT2D eigenvalue weighted by molar-refractivity contribution is -0.137. The summed E-state index contributed by atoms with van der Waals surface area (Å²) in [7, 11) is 0. The van der Waals surface area contributed by atoms with E-state index in [0.29, 0.717) is 25.7 Å². The number of alkyl halides is 3. The Morgan fingerprint density at radius 2 is 1.85 bits per heavy atom. The Balaban J connectivity index is 1.78. The van der Waals surface area contributed by atoms with Crippen molar-refractivity contribution in [3.63, 3.8) is 0 Å². The van der Waals surface area contributed by atoms with E-state index in [1.54, 1.807) is 0 Å². The third-order valence-corrected chi connectivity index (χ3v) is 4.34. The molecule has 1 aromatic rings. The Morgan fingerprint density at radius 1 is 1.23 bits per heavy atom. The Kier molecular flexibility index (Phi) is 7.28. The van der Waals surface area contributed by atoms with Gasteiger partial charge in [0.25, 0.3) is 5.91 Å². The molecule has 1 aliphatic heterocycles. The quantitative estimate of drug-likeness (QED) is 0.797. The second-order valence-electron chi connectivity index (χ2n) is 6.57. The van der Waals surface area contributed by atoms with E-state index >= 15 is 0 Å². The standard InChI is InChI=1S/C18H25F3N2O3/c1-13(2)16(23-7-9-25-10-8-23)11-22-17(24)12-26-15-5-3-14(4-6-15)18(19,20)21/h3-6,13,16H,7-12H2,1-2H3,(H,22,24)/t16-/m0/s1. The molecule has 0 saturated carbocycles. The summed E-state index contributed by atoms with van der Waals surface area (Å²) in [5, 5.41) is 2.84. The molecule has 0 spiro atoms. The van der Waals surface area contributed by atoms with Crippen LogP contribution in [0.1, 0.15) is 19.4 Å². The molecule has 5 nitrogen and oxygen atoms in total. The molecule has 0 radical (unpaired) electrons. The maximum Gasteiger partial charge on any atom is 0.416 e. The first kappa shape index (κ1) is 20.5. The van der Waals surface area contributed by atoms with Gasteiger partial charge in [-0.1, -0.05) is 13.8 Å². The summed E-state index contributed by atoms with van der Waals surface area (Å²) in [6.45, 7) is 7.51. The van der Waals surface area contributed by atoms with E-state index < -0.39 is 11.7 Å². The number of rotatable bonds is 7. The van der Waals surface area contributed by atoms with E-state index in [1.165, 1.54) is 12.1 Å². The van der Waals surface area contributed by atoms with Crippen LogP contribution in [0.3, 0.4) is 0 Å². The highest BCUT2D eigenvalue weighted by Gasteiger charge is 2.30. The maximum atomic E-state index is 12.5. The molecule has 1 saturated heterocycles. The number of hydrogen-bond donors (Lipinski definition) is 1. The van der Waals surface area contributed by atoms with Crippen molar-refractivity contribution in [2.45, 2.75) is 26.1 Å². The molecule has 1 aromatic carbocycles. The predicted molar refractivity (Wildman–Crippen MR) is 91.0 cm³/mol. The van der Waals surface area contributed by atoms with E-state index in [9.17, 15) is 18.0 Å². The zero-order chi connectivity index (χ0) is 19.2. The zero-order valence-corrected chi connectivity index (χ0v) is 15.0. The van der Waals surface area contributed by atoms with Crippen molar-refractivity contribution in [1.82, 2.24) is 10.2 Å². The Hall–Kier alpha value is -1.80. The molecule has 0 aromatic heterocycles. The topological polar surface area (TPSA) is 50.8 Å². The SMILES string of the molecule is CC(C)[C@H](CNC(=O)COc1ccc(C(F)(F)F)cc1)N1CCOCC1. The number of halogens is 3. The fourth-order valence-corrected chi connectivity index (χ4v) is 2.85. The van der Waals surface area contributed by atoms with E-state index in [2.05, 4.69) is 24.1 Å². The molecule has 0 bridgehead atoms. The number of carbonyl (C=O) groups excluding carboxylic acids is 1. The maximum absolute atomic E-state index is 12.5. The van der Waals surface area contributed by atoms with Gasteiger partial charge in [-0.2, -0.15) is 13.2 Å². The normalized spacial score (nSPS) is 17.2. The average Bonchev–Trinajstić information content (AvgIpc) is 2.60. The molecule has 1 heterocycles. The van der Waals surface area contributed by atoms with E-state index in [0.717, 1.165) is 25.2 Å². The smallest absolute Gasteiger partial charge is 0.416 e. The van der Waals surface area contributed by atoms with Gasteiger partial charge in [0.2, 0.25) is 0 Å². The van der Waals surface area contributed by atoms with Crippen LogP contribution in [0, 0.1) is 5.92 Å². The van der Waals surface area contributed by atoms with Crippen LogP contribution in [-0.4, -0.2) is 56.3 Å². The number of benzene rings is 1. The molecule has 0 aliphatic carbocycles. The number of ether oxygens (including phenoxy) is 2. The third-order valence-electron chi connectivity index (χ3n) is 4.34. The van der Waals surface area contributed by atoms with Crippen LogP contribution in [0.15, 0.2) is 24.3 Å². The Bertz CT molecular complexity index is 570. The van der Waals surface area contributed by atoms with Crippen LogP contribution in [-0.2, 0) is 15.7 Å². The van der Waals surface area contributed by atoms with E-state index in [1.807, 2.05) is 0 Å². The summed E-state index contributed by atoms with van der Waals surface area (Å²) >= 11 is 0. The number of morpholine rings is 1. The van der Waals surface area contributed by atoms with Gasteiger partial charge in [-0.05, 0) is 30.2 Å². The fraction of sp³-hybridized carbons (Fsp3) is 0.611. The third kappa shape index (κ3) is 6.17. The van der Waals surface area contributed by atoms with Crippen molar-refractivity contribution < 1.29 is 27.4 Å². The number of amides is 1. The lowest BCUT2D eigenvalue weighted by Gasteiger charge is -2.36. The van der Waals surface area contributed by atoms with Gasteiger partial charge in [0.15, 0.2) is 6.61 Å². The van der Waals surface area contributed by atoms with Gasteiger partial charge in [0.1, 0.15) is 5.75 Å². The molecule has 1 atom stereocenters. The number of hydrogen-bond acceptors (Lipinski definition) is 4. The highest BCUT2D eigenvalue weighted by Crippen LogP contribution is 2.30. The van der Waals surface area contributed by atoms with Gasteiger partial charge >= 0.3 is 6.18 Å². The van der Waals surface area contributed by atoms with Crippen molar-refractivity contribution in [2.24, 2.45) is 5.92 Å². The van der Waals surface area contributed by atoms with Crippen LogP contribution >= 0.6 is 0 Å².